The Kier molecular flexibility index (Phi) is 5.82. The van der Waals surface area contributed by atoms with E-state index in [-0.39, 0.29) is 11.9 Å². The van der Waals surface area contributed by atoms with Gasteiger partial charge in [0.25, 0.3) is 0 Å². The van der Waals surface area contributed by atoms with E-state index in [0.717, 1.165) is 25.4 Å². The lowest BCUT2D eigenvalue weighted by molar-refractivity contribution is 0.203. The van der Waals surface area contributed by atoms with Crippen LogP contribution in [0, 0.1) is 11.7 Å². The zero-order valence-corrected chi connectivity index (χ0v) is 12.9. The summed E-state index contributed by atoms with van der Waals surface area (Å²) < 4.78 is 14.1. The molecule has 0 saturated carbocycles. The molecule has 1 aromatic carbocycles. The Bertz CT molecular complexity index is 438. The summed E-state index contributed by atoms with van der Waals surface area (Å²) in [6.07, 6.45) is 4.83. The first kappa shape index (κ1) is 15.7. The molecule has 4 heteroatoms. The zero-order valence-electron chi connectivity index (χ0n) is 12.1. The summed E-state index contributed by atoms with van der Waals surface area (Å²) in [4.78, 5) is 2.32. The van der Waals surface area contributed by atoms with E-state index >= 15 is 0 Å². The lowest BCUT2D eigenvalue weighted by Gasteiger charge is -2.30. The summed E-state index contributed by atoms with van der Waals surface area (Å²) >= 11 is 6.01. The fourth-order valence-corrected chi connectivity index (χ4v) is 3.33. The molecule has 2 nitrogen and oxygen atoms in total. The smallest absolute Gasteiger partial charge is 0.128 e. The maximum Gasteiger partial charge on any atom is 0.128 e. The average molecular weight is 299 g/mol. The molecule has 112 valence electrons. The van der Waals surface area contributed by atoms with Crippen LogP contribution in [0.5, 0.6) is 0 Å². The SMILES string of the molecule is CCC1CCCN(C(CN)c2cc(Cl)ccc2F)CC1. The molecule has 1 saturated heterocycles. The van der Waals surface area contributed by atoms with E-state index in [4.69, 9.17) is 17.3 Å². The number of likely N-dealkylation sites (tertiary alicyclic amines) is 1. The van der Waals surface area contributed by atoms with Crippen molar-refractivity contribution in [2.45, 2.75) is 38.6 Å². The van der Waals surface area contributed by atoms with Crippen molar-refractivity contribution in [2.24, 2.45) is 11.7 Å². The van der Waals surface area contributed by atoms with E-state index in [1.54, 1.807) is 12.1 Å². The minimum atomic E-state index is -0.207. The van der Waals surface area contributed by atoms with Gasteiger partial charge in [-0.15, -0.1) is 0 Å². The van der Waals surface area contributed by atoms with E-state index in [9.17, 15) is 4.39 Å². The summed E-state index contributed by atoms with van der Waals surface area (Å²) in [5.41, 5.74) is 6.56. The molecule has 2 unspecified atom stereocenters. The fraction of sp³-hybridized carbons (Fsp3) is 0.625. The third-order valence-electron chi connectivity index (χ3n) is 4.44. The topological polar surface area (TPSA) is 29.3 Å². The largest absolute Gasteiger partial charge is 0.329 e. The van der Waals surface area contributed by atoms with Crippen LogP contribution in [-0.2, 0) is 0 Å². The third kappa shape index (κ3) is 3.72. The lowest BCUT2D eigenvalue weighted by Crippen LogP contribution is -2.35. The molecule has 0 bridgehead atoms. The third-order valence-corrected chi connectivity index (χ3v) is 4.68. The molecule has 0 spiro atoms. The number of rotatable bonds is 4. The summed E-state index contributed by atoms with van der Waals surface area (Å²) in [5, 5.41) is 0.570. The Morgan fingerprint density at radius 1 is 1.40 bits per heavy atom. The van der Waals surface area contributed by atoms with Gasteiger partial charge in [0.2, 0.25) is 0 Å². The van der Waals surface area contributed by atoms with Crippen molar-refractivity contribution in [3.63, 3.8) is 0 Å². The van der Waals surface area contributed by atoms with Crippen molar-refractivity contribution < 1.29 is 4.39 Å². The molecule has 0 aromatic heterocycles. The maximum absolute atomic E-state index is 14.1. The van der Waals surface area contributed by atoms with E-state index < -0.39 is 0 Å². The first-order chi connectivity index (χ1) is 9.65. The van der Waals surface area contributed by atoms with Gasteiger partial charge < -0.3 is 5.73 Å². The van der Waals surface area contributed by atoms with Gasteiger partial charge in [0.05, 0.1) is 0 Å². The summed E-state index contributed by atoms with van der Waals surface area (Å²) in [6.45, 7) is 4.65. The second-order valence-corrected chi connectivity index (χ2v) is 6.09. The molecule has 2 rings (SSSR count). The minimum absolute atomic E-state index is 0.0655. The Morgan fingerprint density at radius 2 is 2.20 bits per heavy atom. The van der Waals surface area contributed by atoms with Gasteiger partial charge in [-0.1, -0.05) is 24.9 Å². The quantitative estimate of drug-likeness (QED) is 0.910. The second-order valence-electron chi connectivity index (χ2n) is 5.66. The van der Waals surface area contributed by atoms with Crippen LogP contribution < -0.4 is 5.73 Å². The first-order valence-corrected chi connectivity index (χ1v) is 7.92. The van der Waals surface area contributed by atoms with E-state index in [0.29, 0.717) is 17.1 Å². The van der Waals surface area contributed by atoms with Gasteiger partial charge in [-0.25, -0.2) is 4.39 Å². The average Bonchev–Trinajstić information content (AvgIpc) is 2.69. The summed E-state index contributed by atoms with van der Waals surface area (Å²) in [7, 11) is 0. The molecule has 0 aliphatic carbocycles. The molecule has 1 heterocycles. The monoisotopic (exact) mass is 298 g/mol. The van der Waals surface area contributed by atoms with E-state index in [1.807, 2.05) is 0 Å². The Balaban J connectivity index is 2.17. The molecule has 20 heavy (non-hydrogen) atoms. The molecule has 2 N–H and O–H groups in total. The van der Waals surface area contributed by atoms with E-state index in [1.165, 1.54) is 25.3 Å². The lowest BCUT2D eigenvalue weighted by atomic mass is 9.98. The van der Waals surface area contributed by atoms with Crippen molar-refractivity contribution >= 4 is 11.6 Å². The Labute approximate surface area is 126 Å². The molecule has 1 aliphatic rings. The van der Waals surface area contributed by atoms with Gasteiger partial charge in [-0.3, -0.25) is 4.90 Å². The molecule has 0 amide bonds. The normalized spacial score (nSPS) is 22.5. The first-order valence-electron chi connectivity index (χ1n) is 7.54. The highest BCUT2D eigenvalue weighted by molar-refractivity contribution is 6.30. The molecule has 2 atom stereocenters. The summed E-state index contributed by atoms with van der Waals surface area (Å²) in [6, 6.07) is 4.68. The number of benzene rings is 1. The van der Waals surface area contributed by atoms with Gasteiger partial charge >= 0.3 is 0 Å². The van der Waals surface area contributed by atoms with Crippen molar-refractivity contribution in [1.82, 2.24) is 4.90 Å². The molecule has 0 radical (unpaired) electrons. The minimum Gasteiger partial charge on any atom is -0.329 e. The molecule has 1 aromatic rings. The van der Waals surface area contributed by atoms with Crippen LogP contribution in [0.3, 0.4) is 0 Å². The van der Waals surface area contributed by atoms with Crippen LogP contribution in [0.4, 0.5) is 4.39 Å². The van der Waals surface area contributed by atoms with Crippen LogP contribution in [0.2, 0.25) is 5.02 Å². The highest BCUT2D eigenvalue weighted by Crippen LogP contribution is 2.29. The predicted molar refractivity (Wildman–Crippen MR) is 82.4 cm³/mol. The zero-order chi connectivity index (χ0) is 14.5. The maximum atomic E-state index is 14.1. The number of nitrogens with two attached hydrogens (primary N) is 1. The van der Waals surface area contributed by atoms with Gasteiger partial charge in [-0.2, -0.15) is 0 Å². The molecular weight excluding hydrogens is 275 g/mol. The number of halogens is 2. The molecule has 1 fully saturated rings. The number of hydrogen-bond acceptors (Lipinski definition) is 2. The molecular formula is C16H24ClFN2. The fourth-order valence-electron chi connectivity index (χ4n) is 3.15. The second kappa shape index (κ2) is 7.39. The van der Waals surface area contributed by atoms with Crippen molar-refractivity contribution in [3.05, 3.63) is 34.6 Å². The van der Waals surface area contributed by atoms with E-state index in [2.05, 4.69) is 11.8 Å². The van der Waals surface area contributed by atoms with Crippen molar-refractivity contribution in [2.75, 3.05) is 19.6 Å². The van der Waals surface area contributed by atoms with Gasteiger partial charge in [0.15, 0.2) is 0 Å². The van der Waals surface area contributed by atoms with Crippen LogP contribution in [0.15, 0.2) is 18.2 Å². The molecule has 1 aliphatic heterocycles. The highest BCUT2D eigenvalue weighted by Gasteiger charge is 2.25. The van der Waals surface area contributed by atoms with Gasteiger partial charge in [0, 0.05) is 23.2 Å². The van der Waals surface area contributed by atoms with Crippen LogP contribution in [0.1, 0.15) is 44.2 Å². The van der Waals surface area contributed by atoms with Gasteiger partial charge in [0.1, 0.15) is 5.82 Å². The Morgan fingerprint density at radius 3 is 2.90 bits per heavy atom. The number of hydrogen-bond donors (Lipinski definition) is 1. The van der Waals surface area contributed by atoms with Crippen LogP contribution in [-0.4, -0.2) is 24.5 Å². The predicted octanol–water partition coefficient (Wildman–Crippen LogP) is 3.99. The Hall–Kier alpha value is -0.640. The standard InChI is InChI=1S/C16H24ClFN2/c1-2-12-4-3-8-20(9-7-12)16(11-19)14-10-13(17)5-6-15(14)18/h5-6,10,12,16H,2-4,7-9,11,19H2,1H3. The van der Waals surface area contributed by atoms with Gasteiger partial charge in [-0.05, 0) is 56.5 Å². The van der Waals surface area contributed by atoms with Crippen LogP contribution >= 0.6 is 11.6 Å². The summed E-state index contributed by atoms with van der Waals surface area (Å²) in [5.74, 6) is 0.587. The van der Waals surface area contributed by atoms with Crippen LogP contribution in [0.25, 0.3) is 0 Å². The highest BCUT2D eigenvalue weighted by atomic mass is 35.5. The van der Waals surface area contributed by atoms with Crippen molar-refractivity contribution in [3.8, 4) is 0 Å². The van der Waals surface area contributed by atoms with Crippen molar-refractivity contribution in [1.29, 1.82) is 0 Å². The number of nitrogens with zero attached hydrogens (tertiary/aromatic N) is 1.